The maximum Gasteiger partial charge on any atom is 0.402 e. The fourth-order valence-corrected chi connectivity index (χ4v) is 3.02. The number of rotatable bonds is 7. The zero-order valence-electron chi connectivity index (χ0n) is 14.2. The molecule has 0 aliphatic heterocycles. The summed E-state index contributed by atoms with van der Waals surface area (Å²) in [7, 11) is -4.33. The molecule has 0 fully saturated rings. The summed E-state index contributed by atoms with van der Waals surface area (Å²) in [6, 6.07) is 12.8. The Morgan fingerprint density at radius 2 is 1.75 bits per heavy atom. The van der Waals surface area contributed by atoms with E-state index in [0.29, 0.717) is 0 Å². The first-order valence-electron chi connectivity index (χ1n) is 7.69. The minimum atomic E-state index is -4.68. The molecule has 2 aromatic carbocycles. The van der Waals surface area contributed by atoms with Crippen molar-refractivity contribution >= 4 is 21.6 Å². The van der Waals surface area contributed by atoms with E-state index >= 15 is 0 Å². The Kier molecular flexibility index (Phi) is 6.61. The molecule has 1 amide bonds. The summed E-state index contributed by atoms with van der Waals surface area (Å²) in [4.78, 5) is 11.5. The average molecular weight is 413 g/mol. The van der Waals surface area contributed by atoms with Crippen LogP contribution in [0.2, 0.25) is 0 Å². The van der Waals surface area contributed by atoms with Crippen molar-refractivity contribution in [3.05, 3.63) is 54.1 Å². The average Bonchev–Trinajstić information content (AvgIpc) is 2.65. The number of hydrogen-bond acceptors (Lipinski definition) is 5. The number of anilines is 1. The van der Waals surface area contributed by atoms with Gasteiger partial charge in [0, 0.05) is 5.69 Å². The van der Waals surface area contributed by atoms with Crippen molar-refractivity contribution in [3.63, 3.8) is 0 Å². The van der Waals surface area contributed by atoms with Gasteiger partial charge in [0.1, 0.15) is 18.4 Å². The fourth-order valence-electron chi connectivity index (χ4n) is 2.00. The first kappa shape index (κ1) is 21.2. The van der Waals surface area contributed by atoms with Crippen LogP contribution in [0.1, 0.15) is 5.56 Å². The van der Waals surface area contributed by atoms with Gasteiger partial charge in [-0.15, -0.1) is 0 Å². The fraction of sp³-hybridized carbons (Fsp3) is 0.176. The summed E-state index contributed by atoms with van der Waals surface area (Å²) in [6.07, 6.45) is -4.68. The van der Waals surface area contributed by atoms with E-state index in [0.717, 1.165) is 12.1 Å². The lowest BCUT2D eigenvalue weighted by atomic mass is 10.2. The molecule has 7 nitrogen and oxygen atoms in total. The van der Waals surface area contributed by atoms with Gasteiger partial charge >= 0.3 is 6.18 Å². The number of nitriles is 1. The molecule has 11 heteroatoms. The smallest absolute Gasteiger partial charge is 0.402 e. The predicted molar refractivity (Wildman–Crippen MR) is 93.0 cm³/mol. The van der Waals surface area contributed by atoms with Gasteiger partial charge in [-0.25, -0.2) is 13.1 Å². The molecule has 0 atom stereocenters. The van der Waals surface area contributed by atoms with E-state index in [-0.39, 0.29) is 21.9 Å². The highest BCUT2D eigenvalue weighted by Gasteiger charge is 2.30. The molecule has 28 heavy (non-hydrogen) atoms. The van der Waals surface area contributed by atoms with Crippen LogP contribution in [0.3, 0.4) is 0 Å². The van der Waals surface area contributed by atoms with Crippen LogP contribution in [0.4, 0.5) is 18.9 Å². The maximum atomic E-state index is 12.1. The summed E-state index contributed by atoms with van der Waals surface area (Å²) in [5.41, 5.74) is 0.480. The van der Waals surface area contributed by atoms with Crippen LogP contribution in [0, 0.1) is 11.3 Å². The Hall–Kier alpha value is -3.10. The van der Waals surface area contributed by atoms with Gasteiger partial charge in [0.25, 0.3) is 5.91 Å². The molecule has 0 aromatic heterocycles. The maximum absolute atomic E-state index is 12.1. The van der Waals surface area contributed by atoms with Crippen molar-refractivity contribution in [1.29, 1.82) is 5.26 Å². The van der Waals surface area contributed by atoms with E-state index in [1.807, 2.05) is 6.07 Å². The molecular weight excluding hydrogens is 399 g/mol. The number of ether oxygens (including phenoxy) is 1. The number of carbonyl (C=O) groups is 1. The monoisotopic (exact) mass is 413 g/mol. The van der Waals surface area contributed by atoms with Gasteiger partial charge < -0.3 is 10.1 Å². The summed E-state index contributed by atoms with van der Waals surface area (Å²) in [5.74, 6) is -0.337. The molecule has 0 radical (unpaired) electrons. The largest absolute Gasteiger partial charge is 0.482 e. The number of sulfonamides is 1. The van der Waals surface area contributed by atoms with Gasteiger partial charge in [-0.2, -0.15) is 18.4 Å². The molecule has 2 N–H and O–H groups in total. The van der Waals surface area contributed by atoms with E-state index in [1.165, 1.54) is 29.0 Å². The second kappa shape index (κ2) is 8.73. The zero-order chi connectivity index (χ0) is 20.8. The molecule has 0 bridgehead atoms. The lowest BCUT2D eigenvalue weighted by Crippen LogP contribution is -2.33. The van der Waals surface area contributed by atoms with E-state index in [4.69, 9.17) is 10.00 Å². The van der Waals surface area contributed by atoms with Gasteiger partial charge in [0.15, 0.2) is 6.61 Å². The van der Waals surface area contributed by atoms with E-state index < -0.39 is 35.3 Å². The number of nitrogens with one attached hydrogen (secondary N) is 2. The summed E-state index contributed by atoms with van der Waals surface area (Å²) < 4.78 is 66.7. The van der Waals surface area contributed by atoms with Crippen LogP contribution < -0.4 is 14.8 Å². The molecule has 2 rings (SSSR count). The van der Waals surface area contributed by atoms with E-state index in [9.17, 15) is 26.4 Å². The molecule has 0 spiro atoms. The third-order valence-electron chi connectivity index (χ3n) is 3.28. The molecule has 0 heterocycles. The predicted octanol–water partition coefficient (Wildman–Crippen LogP) is 2.42. The minimum absolute atomic E-state index is 0.219. The number of nitrogens with zero attached hydrogens (tertiary/aromatic N) is 1. The lowest BCUT2D eigenvalue weighted by Gasteiger charge is -2.11. The molecule has 2 aromatic rings. The highest BCUT2D eigenvalue weighted by Crippen LogP contribution is 2.18. The SMILES string of the molecule is N#Cc1ccccc1OCC(=O)Nc1ccc(S(=O)(=O)NCC(F)(F)F)cc1. The third kappa shape index (κ3) is 6.26. The van der Waals surface area contributed by atoms with Crippen molar-refractivity contribution in [2.75, 3.05) is 18.5 Å². The van der Waals surface area contributed by atoms with Gasteiger partial charge in [0.05, 0.1) is 10.5 Å². The van der Waals surface area contributed by atoms with Crippen LogP contribution >= 0.6 is 0 Å². The Morgan fingerprint density at radius 1 is 1.11 bits per heavy atom. The number of para-hydroxylation sites is 1. The number of amides is 1. The Morgan fingerprint density at radius 3 is 2.36 bits per heavy atom. The van der Waals surface area contributed by atoms with Gasteiger partial charge in [-0.05, 0) is 36.4 Å². The number of benzene rings is 2. The third-order valence-corrected chi connectivity index (χ3v) is 4.69. The van der Waals surface area contributed by atoms with Gasteiger partial charge in [-0.1, -0.05) is 12.1 Å². The quantitative estimate of drug-likeness (QED) is 0.725. The van der Waals surface area contributed by atoms with Crippen LogP contribution in [0.5, 0.6) is 5.75 Å². The molecule has 0 unspecified atom stereocenters. The molecule has 0 aliphatic rings. The molecule has 0 saturated carbocycles. The van der Waals surface area contributed by atoms with Crippen molar-refractivity contribution in [2.45, 2.75) is 11.1 Å². The number of carbonyl (C=O) groups excluding carboxylic acids is 1. The van der Waals surface area contributed by atoms with Gasteiger partial charge in [0.2, 0.25) is 10.0 Å². The summed E-state index contributed by atoms with van der Waals surface area (Å²) in [6.45, 7) is -2.08. The Bertz CT molecular complexity index is 984. The lowest BCUT2D eigenvalue weighted by molar-refractivity contribution is -0.121. The van der Waals surface area contributed by atoms with Crippen molar-refractivity contribution in [1.82, 2.24) is 4.72 Å². The molecule has 148 valence electrons. The zero-order valence-corrected chi connectivity index (χ0v) is 15.0. The van der Waals surface area contributed by atoms with E-state index in [2.05, 4.69) is 5.32 Å². The molecular formula is C17H14F3N3O4S. The Labute approximate surface area is 158 Å². The van der Waals surface area contributed by atoms with E-state index in [1.54, 1.807) is 12.1 Å². The Balaban J connectivity index is 1.95. The summed E-state index contributed by atoms with van der Waals surface area (Å²) in [5, 5.41) is 11.4. The highest BCUT2D eigenvalue weighted by molar-refractivity contribution is 7.89. The standard InChI is InChI=1S/C17H14F3N3O4S/c18-17(19,20)11-22-28(25,26)14-7-5-13(6-8-14)23-16(24)10-27-15-4-2-1-3-12(15)9-21/h1-8,22H,10-11H2,(H,23,24). The molecule has 0 saturated heterocycles. The minimum Gasteiger partial charge on any atom is -0.482 e. The highest BCUT2D eigenvalue weighted by atomic mass is 32.2. The normalized spacial score (nSPS) is 11.5. The van der Waals surface area contributed by atoms with Crippen molar-refractivity contribution in [3.8, 4) is 11.8 Å². The van der Waals surface area contributed by atoms with Gasteiger partial charge in [-0.3, -0.25) is 4.79 Å². The summed E-state index contributed by atoms with van der Waals surface area (Å²) >= 11 is 0. The topological polar surface area (TPSA) is 108 Å². The van der Waals surface area contributed by atoms with Crippen molar-refractivity contribution < 1.29 is 31.1 Å². The number of hydrogen-bond donors (Lipinski definition) is 2. The number of halogens is 3. The second-order valence-electron chi connectivity index (χ2n) is 5.41. The number of alkyl halides is 3. The van der Waals surface area contributed by atoms with Crippen LogP contribution in [0.15, 0.2) is 53.4 Å². The second-order valence-corrected chi connectivity index (χ2v) is 7.18. The van der Waals surface area contributed by atoms with Crippen molar-refractivity contribution in [2.24, 2.45) is 0 Å². The molecule has 0 aliphatic carbocycles. The van der Waals surface area contributed by atoms with Crippen LogP contribution in [-0.2, 0) is 14.8 Å². The van der Waals surface area contributed by atoms with Crippen LogP contribution in [0.25, 0.3) is 0 Å². The van der Waals surface area contributed by atoms with Crippen LogP contribution in [-0.4, -0.2) is 33.7 Å². The first-order valence-corrected chi connectivity index (χ1v) is 9.17. The first-order chi connectivity index (χ1) is 13.1.